The molecule has 210 valence electrons. The van der Waals surface area contributed by atoms with Crippen LogP contribution in [0.2, 0.25) is 36.3 Å². The Kier molecular flexibility index (Phi) is 7.49. The average Bonchev–Trinajstić information content (AvgIpc) is 3.44. The van der Waals surface area contributed by atoms with Crippen LogP contribution >= 0.6 is 0 Å². The largest absolute Gasteiger partial charge is 0.408 e. The van der Waals surface area contributed by atoms with Gasteiger partial charge in [0.05, 0.1) is 0 Å². The van der Waals surface area contributed by atoms with Crippen LogP contribution in [0.1, 0.15) is 47.8 Å². The number of nitrogens with two attached hydrogens (primary N) is 1. The van der Waals surface area contributed by atoms with Crippen molar-refractivity contribution in [3.63, 3.8) is 0 Å². The Balaban J connectivity index is 1.89. The van der Waals surface area contributed by atoms with Crippen LogP contribution in [-0.2, 0) is 13.6 Å². The highest BCUT2D eigenvalue weighted by Crippen LogP contribution is 2.47. The molecule has 0 aromatic carbocycles. The predicted molar refractivity (Wildman–Crippen MR) is 153 cm³/mol. The summed E-state index contributed by atoms with van der Waals surface area (Å²) >= 11 is 0. The van der Waals surface area contributed by atoms with Crippen LogP contribution in [0.15, 0.2) is 11.4 Å². The molecule has 12 nitrogen and oxygen atoms in total. The predicted octanol–water partition coefficient (Wildman–Crippen LogP) is 5.34. The molecular weight excluding hydrogens is 518 g/mol. The molecule has 1 unspecified atom stereocenters. The van der Waals surface area contributed by atoms with E-state index in [0.29, 0.717) is 11.2 Å². The lowest BCUT2D eigenvalue weighted by Gasteiger charge is -2.44. The molecule has 2 saturated heterocycles. The molecule has 0 radical (unpaired) electrons. The highest BCUT2D eigenvalue weighted by molar-refractivity contribution is 6.74. The molecule has 0 bridgehead atoms. The number of hydrogen-bond acceptors (Lipinski definition) is 9. The number of nitrogen functional groups attached to an aromatic ring is 1. The maximum absolute atomic E-state index is 9.36. The van der Waals surface area contributed by atoms with Crippen molar-refractivity contribution in [2.45, 2.75) is 102 Å². The van der Waals surface area contributed by atoms with E-state index in [4.69, 9.17) is 19.3 Å². The number of aromatic nitrogens is 4. The van der Waals surface area contributed by atoms with Crippen molar-refractivity contribution in [2.24, 2.45) is 5.11 Å². The smallest absolute Gasteiger partial charge is 0.201 e. The monoisotopic (exact) mass is 561 g/mol. The number of anilines is 1. The highest BCUT2D eigenvalue weighted by Gasteiger charge is 2.55. The summed E-state index contributed by atoms with van der Waals surface area (Å²) in [6, 6.07) is 0. The van der Waals surface area contributed by atoms with Crippen molar-refractivity contribution >= 4 is 39.6 Å². The van der Waals surface area contributed by atoms with Gasteiger partial charge in [0.1, 0.15) is 24.6 Å². The standard InChI is InChI=1S/C24H43N9O3Si2/c1-23(2,3)37(7,8)35-17-15(13-32-11-12-32)34-21(18(17)36-38(9,10)24(4,5)6)33-20-16(19(25)27-14-28-20)29-22(33)30-31-26/h14-15,17-18,21H,11-13H2,1-10H3,(H2,25,27,28)/t15-,17-,18?,21-/m1/s1. The molecule has 0 aliphatic carbocycles. The zero-order valence-electron chi connectivity index (χ0n) is 24.4. The number of nitrogens with zero attached hydrogens (tertiary/aromatic N) is 8. The number of ether oxygens (including phenoxy) is 1. The van der Waals surface area contributed by atoms with Gasteiger partial charge in [0, 0.05) is 24.5 Å². The minimum atomic E-state index is -2.31. The molecule has 14 heteroatoms. The van der Waals surface area contributed by atoms with E-state index in [1.807, 2.05) is 0 Å². The summed E-state index contributed by atoms with van der Waals surface area (Å²) < 4.78 is 22.8. The van der Waals surface area contributed by atoms with Gasteiger partial charge in [-0.15, -0.1) is 0 Å². The maximum Gasteiger partial charge on any atom is 0.201 e. The van der Waals surface area contributed by atoms with Crippen molar-refractivity contribution in [3.8, 4) is 0 Å². The number of hydrogen-bond donors (Lipinski definition) is 1. The number of azide groups is 1. The lowest BCUT2D eigenvalue weighted by atomic mass is 10.1. The fourth-order valence-electron chi connectivity index (χ4n) is 4.13. The first-order chi connectivity index (χ1) is 17.5. The molecule has 2 N–H and O–H groups in total. The first kappa shape index (κ1) is 28.9. The Hall–Kier alpha value is -2.07. The Labute approximate surface area is 227 Å². The van der Waals surface area contributed by atoms with Crippen LogP contribution in [0.5, 0.6) is 0 Å². The summed E-state index contributed by atoms with van der Waals surface area (Å²) in [6.07, 6.45) is -0.348. The summed E-state index contributed by atoms with van der Waals surface area (Å²) in [5.41, 5.74) is 16.3. The van der Waals surface area contributed by atoms with Gasteiger partial charge in [-0.25, -0.2) is 15.0 Å². The normalized spacial score (nSPS) is 25.1. The number of imidazole rings is 1. The molecular formula is C24H43N9O3Si2. The number of fused-ring (bicyclic) bond motifs is 1. The van der Waals surface area contributed by atoms with E-state index in [1.54, 1.807) is 4.57 Å². The van der Waals surface area contributed by atoms with Gasteiger partial charge in [-0.05, 0) is 46.9 Å². The third kappa shape index (κ3) is 5.48. The van der Waals surface area contributed by atoms with Crippen LogP contribution in [-0.4, -0.2) is 79.0 Å². The molecule has 0 spiro atoms. The van der Waals surface area contributed by atoms with E-state index in [-0.39, 0.29) is 34.1 Å². The van der Waals surface area contributed by atoms with Crippen LogP contribution < -0.4 is 5.73 Å². The van der Waals surface area contributed by atoms with Crippen molar-refractivity contribution in [2.75, 3.05) is 25.4 Å². The van der Waals surface area contributed by atoms with Crippen molar-refractivity contribution < 1.29 is 13.6 Å². The van der Waals surface area contributed by atoms with Gasteiger partial charge in [0.2, 0.25) is 5.95 Å². The number of rotatable bonds is 8. The third-order valence-corrected chi connectivity index (χ3v) is 17.6. The van der Waals surface area contributed by atoms with Gasteiger partial charge in [-0.2, -0.15) is 0 Å². The van der Waals surface area contributed by atoms with Crippen molar-refractivity contribution in [1.82, 2.24) is 24.4 Å². The fourth-order valence-corrected chi connectivity index (χ4v) is 6.74. The zero-order chi connectivity index (χ0) is 28.3. The summed E-state index contributed by atoms with van der Waals surface area (Å²) in [5, 5.41) is 3.84. The first-order valence-corrected chi connectivity index (χ1v) is 19.1. The van der Waals surface area contributed by atoms with Crippen molar-refractivity contribution in [1.29, 1.82) is 0 Å². The van der Waals surface area contributed by atoms with E-state index < -0.39 is 29.0 Å². The van der Waals surface area contributed by atoms with Crippen LogP contribution in [0.3, 0.4) is 0 Å². The Morgan fingerprint density at radius 2 is 1.63 bits per heavy atom. The summed E-state index contributed by atoms with van der Waals surface area (Å²) in [4.78, 5) is 18.4. The minimum absolute atomic E-state index is 0.00331. The average molecular weight is 562 g/mol. The second kappa shape index (κ2) is 9.84. The van der Waals surface area contributed by atoms with Crippen LogP contribution in [0, 0.1) is 0 Å². The first-order valence-electron chi connectivity index (χ1n) is 13.2. The summed E-state index contributed by atoms with van der Waals surface area (Å²) in [7, 11) is -4.54. The molecule has 4 rings (SSSR count). The van der Waals surface area contributed by atoms with Crippen LogP contribution in [0.25, 0.3) is 21.6 Å². The molecule has 0 saturated carbocycles. The van der Waals surface area contributed by atoms with Gasteiger partial charge in [0.15, 0.2) is 39.8 Å². The zero-order valence-corrected chi connectivity index (χ0v) is 26.4. The molecule has 38 heavy (non-hydrogen) atoms. The van der Waals surface area contributed by atoms with Gasteiger partial charge in [-0.1, -0.05) is 41.5 Å². The minimum Gasteiger partial charge on any atom is -0.408 e. The second-order valence-corrected chi connectivity index (χ2v) is 23.0. The SMILES string of the molecule is CC(C)(C)[Si](C)(C)OC1[C@H](n2c(N=[N+]=[N-])nc3c(N)ncnc32)O[C@H](CN2CC2)[C@H]1O[Si](C)(C)C(C)(C)C. The lowest BCUT2D eigenvalue weighted by Crippen LogP contribution is -2.54. The Morgan fingerprint density at radius 3 is 2.16 bits per heavy atom. The van der Waals surface area contributed by atoms with Crippen LogP contribution in [0.4, 0.5) is 11.8 Å². The quantitative estimate of drug-likeness (QED) is 0.149. The molecule has 2 aromatic heterocycles. The van der Waals surface area contributed by atoms with E-state index in [0.717, 1.165) is 19.6 Å². The third-order valence-electron chi connectivity index (χ3n) is 8.61. The molecule has 4 atom stereocenters. The molecule has 0 amide bonds. The second-order valence-electron chi connectivity index (χ2n) is 13.5. The maximum atomic E-state index is 9.36. The lowest BCUT2D eigenvalue weighted by molar-refractivity contribution is -0.0337. The van der Waals surface area contributed by atoms with E-state index in [2.05, 4.69) is 97.6 Å². The van der Waals surface area contributed by atoms with Gasteiger partial charge >= 0.3 is 0 Å². The van der Waals surface area contributed by atoms with Gasteiger partial charge in [0.25, 0.3) is 0 Å². The van der Waals surface area contributed by atoms with Gasteiger partial charge < -0.3 is 19.3 Å². The Morgan fingerprint density at radius 1 is 1.05 bits per heavy atom. The fraction of sp³-hybridized carbons (Fsp3) is 0.792. The summed E-state index contributed by atoms with van der Waals surface area (Å²) in [6.45, 7) is 25.1. The molecule has 2 aliphatic heterocycles. The van der Waals surface area contributed by atoms with Crippen molar-refractivity contribution in [3.05, 3.63) is 16.8 Å². The topological polar surface area (TPSA) is 149 Å². The highest BCUT2D eigenvalue weighted by atomic mass is 28.4. The molecule has 2 fully saturated rings. The van der Waals surface area contributed by atoms with Gasteiger partial charge in [-0.3, -0.25) is 9.47 Å². The molecule has 4 heterocycles. The van der Waals surface area contributed by atoms with E-state index >= 15 is 0 Å². The van der Waals surface area contributed by atoms with E-state index in [1.165, 1.54) is 6.33 Å². The van der Waals surface area contributed by atoms with E-state index in [9.17, 15) is 5.53 Å². The summed E-state index contributed by atoms with van der Waals surface area (Å²) in [5.74, 6) is 0.319. The molecule has 2 aromatic rings. The molecule has 2 aliphatic rings. The Bertz CT molecular complexity index is 1230.